The molecule has 0 radical (unpaired) electrons. The Morgan fingerprint density at radius 1 is 0.886 bits per heavy atom. The van der Waals surface area contributed by atoms with Crippen molar-refractivity contribution in [1.29, 1.82) is 0 Å². The van der Waals surface area contributed by atoms with E-state index in [9.17, 15) is 13.2 Å². The van der Waals surface area contributed by atoms with E-state index in [0.29, 0.717) is 33.8 Å². The Morgan fingerprint density at radius 2 is 1.52 bits per heavy atom. The summed E-state index contributed by atoms with van der Waals surface area (Å²) < 4.78 is 29.7. The molecule has 1 aromatic heterocycles. The summed E-state index contributed by atoms with van der Waals surface area (Å²) in [4.78, 5) is 16.7. The predicted octanol–water partition coefficient (Wildman–Crippen LogP) is 7.80. The molecule has 5 aromatic rings. The molecule has 1 amide bonds. The molecule has 1 unspecified atom stereocenters. The van der Waals surface area contributed by atoms with Crippen LogP contribution in [0.5, 0.6) is 0 Å². The summed E-state index contributed by atoms with van der Waals surface area (Å²) in [6.45, 7) is 4.19. The number of anilines is 1. The molecule has 1 aliphatic rings. The van der Waals surface area contributed by atoms with E-state index < -0.39 is 16.1 Å². The molecule has 1 N–H and O–H groups in total. The maximum Gasteiger partial charge on any atom is 0.326 e. The van der Waals surface area contributed by atoms with Gasteiger partial charge in [0.1, 0.15) is 12.4 Å². The van der Waals surface area contributed by atoms with Gasteiger partial charge in [0.25, 0.3) is 5.91 Å². The van der Waals surface area contributed by atoms with Gasteiger partial charge in [0.2, 0.25) is 0 Å². The maximum absolute atomic E-state index is 12.3. The largest absolute Gasteiger partial charge is 0.326 e. The zero-order chi connectivity index (χ0) is 31.0. The summed E-state index contributed by atoms with van der Waals surface area (Å²) in [6.07, 6.45) is 3.56. The third-order valence-corrected chi connectivity index (χ3v) is 9.92. The van der Waals surface area contributed by atoms with Crippen molar-refractivity contribution >= 4 is 45.0 Å². The number of imidazole rings is 1. The topological polar surface area (TPSA) is 84.3 Å². The second kappa shape index (κ2) is 12.1. The van der Waals surface area contributed by atoms with Gasteiger partial charge in [-0.2, -0.15) is 8.42 Å². The van der Waals surface area contributed by atoms with Gasteiger partial charge in [0.15, 0.2) is 0 Å². The molecule has 1 atom stereocenters. The standard InChI is InChI=1S/C34H30Cl2N4O3S/c1-3-22(2)24-8-10-26(11-9-24)25-6-4-23(5-7-25)18-33-37-32(30-17-12-27(35)19-31(30)36)20-39(33)28-13-15-29(16-14-28)40-21-34(41)38-44(40,42)43/h4-17,19-20,22H,3,18,21H2,1-2H3,(H,38,41). The van der Waals surface area contributed by atoms with Crippen LogP contribution >= 0.6 is 23.2 Å². The van der Waals surface area contributed by atoms with Crippen LogP contribution in [0.15, 0.2) is 97.2 Å². The first kappa shape index (κ1) is 29.9. The minimum atomic E-state index is -3.90. The van der Waals surface area contributed by atoms with Crippen molar-refractivity contribution in [2.24, 2.45) is 0 Å². The van der Waals surface area contributed by atoms with Gasteiger partial charge in [0.05, 0.1) is 16.4 Å². The lowest BCUT2D eigenvalue weighted by Crippen LogP contribution is -2.29. The number of rotatable bonds is 8. The number of nitrogens with zero attached hydrogens (tertiary/aromatic N) is 3. The Morgan fingerprint density at radius 3 is 2.11 bits per heavy atom. The van der Waals surface area contributed by atoms with Crippen LogP contribution < -0.4 is 9.03 Å². The first-order chi connectivity index (χ1) is 21.1. The Kier molecular flexibility index (Phi) is 8.24. The number of halogens is 2. The van der Waals surface area contributed by atoms with Gasteiger partial charge in [-0.05, 0) is 77.1 Å². The minimum absolute atomic E-state index is 0.255. The van der Waals surface area contributed by atoms with Crippen molar-refractivity contribution in [3.05, 3.63) is 124 Å². The second-order valence-corrected chi connectivity index (χ2v) is 13.3. The Balaban J connectivity index is 1.32. The lowest BCUT2D eigenvalue weighted by atomic mass is 9.95. The van der Waals surface area contributed by atoms with E-state index in [1.54, 1.807) is 36.4 Å². The highest BCUT2D eigenvalue weighted by Crippen LogP contribution is 2.32. The fraction of sp³-hybridized carbons (Fsp3) is 0.176. The highest BCUT2D eigenvalue weighted by molar-refractivity contribution is 7.92. The van der Waals surface area contributed by atoms with Gasteiger partial charge in [0, 0.05) is 28.9 Å². The number of amides is 1. The van der Waals surface area contributed by atoms with E-state index in [-0.39, 0.29) is 6.54 Å². The van der Waals surface area contributed by atoms with E-state index in [4.69, 9.17) is 28.2 Å². The van der Waals surface area contributed by atoms with Crippen LogP contribution in [0.1, 0.15) is 43.1 Å². The summed E-state index contributed by atoms with van der Waals surface area (Å²) in [6, 6.07) is 29.5. The van der Waals surface area contributed by atoms with Crippen molar-refractivity contribution in [2.45, 2.75) is 32.6 Å². The van der Waals surface area contributed by atoms with E-state index in [1.165, 1.54) is 11.1 Å². The van der Waals surface area contributed by atoms with Crippen LogP contribution in [0.25, 0.3) is 28.1 Å². The average Bonchev–Trinajstić information content (AvgIpc) is 3.55. The molecule has 4 aromatic carbocycles. The quantitative estimate of drug-likeness (QED) is 0.187. The van der Waals surface area contributed by atoms with Gasteiger partial charge in [-0.25, -0.2) is 14.0 Å². The molecule has 224 valence electrons. The molecule has 0 spiro atoms. The SMILES string of the molecule is CCC(C)c1ccc(-c2ccc(Cc3nc(-c4ccc(Cl)cc4Cl)cn3-c3ccc(N4CC(=O)NS4(=O)=O)cc3)cc2)cc1. The third kappa shape index (κ3) is 6.11. The van der Waals surface area contributed by atoms with Crippen molar-refractivity contribution in [1.82, 2.24) is 14.3 Å². The summed E-state index contributed by atoms with van der Waals surface area (Å²) in [5.74, 6) is 0.744. The first-order valence-electron chi connectivity index (χ1n) is 14.3. The van der Waals surface area contributed by atoms with Gasteiger partial charge in [-0.3, -0.25) is 4.79 Å². The lowest BCUT2D eigenvalue weighted by Gasteiger charge is -2.15. The van der Waals surface area contributed by atoms with Crippen LogP contribution in [-0.4, -0.2) is 30.4 Å². The van der Waals surface area contributed by atoms with Crippen molar-refractivity contribution in [2.75, 3.05) is 10.8 Å². The molecule has 1 saturated heterocycles. The monoisotopic (exact) mass is 644 g/mol. The molecule has 0 bridgehead atoms. The summed E-state index contributed by atoms with van der Waals surface area (Å²) >= 11 is 12.7. The zero-order valence-electron chi connectivity index (χ0n) is 24.2. The molecule has 2 heterocycles. The van der Waals surface area contributed by atoms with E-state index in [2.05, 4.69) is 62.4 Å². The Hall–Kier alpha value is -4.11. The molecule has 44 heavy (non-hydrogen) atoms. The number of nitrogens with one attached hydrogen (secondary N) is 1. The molecule has 0 aliphatic carbocycles. The molecule has 1 fully saturated rings. The predicted molar refractivity (Wildman–Crippen MR) is 177 cm³/mol. The number of aromatic nitrogens is 2. The van der Waals surface area contributed by atoms with Gasteiger partial charge in [-0.1, -0.05) is 85.6 Å². The molecule has 6 rings (SSSR count). The van der Waals surface area contributed by atoms with Gasteiger partial charge in [-0.15, -0.1) is 0 Å². The van der Waals surface area contributed by atoms with Crippen molar-refractivity contribution in [3.63, 3.8) is 0 Å². The van der Waals surface area contributed by atoms with Crippen LogP contribution in [0, 0.1) is 0 Å². The normalized spacial score (nSPS) is 14.9. The highest BCUT2D eigenvalue weighted by atomic mass is 35.5. The average molecular weight is 646 g/mol. The second-order valence-electron chi connectivity index (χ2n) is 10.9. The maximum atomic E-state index is 12.3. The molecule has 1 aliphatic heterocycles. The first-order valence-corrected chi connectivity index (χ1v) is 16.5. The molecule has 0 saturated carbocycles. The Labute approximate surface area is 267 Å². The van der Waals surface area contributed by atoms with Crippen LogP contribution in [-0.2, 0) is 21.4 Å². The zero-order valence-corrected chi connectivity index (χ0v) is 26.5. The fourth-order valence-electron chi connectivity index (χ4n) is 5.29. The summed E-state index contributed by atoms with van der Waals surface area (Å²) in [7, 11) is -3.90. The van der Waals surface area contributed by atoms with Crippen LogP contribution in [0.4, 0.5) is 5.69 Å². The highest BCUT2D eigenvalue weighted by Gasteiger charge is 2.33. The molecular formula is C34H30Cl2N4O3S. The van der Waals surface area contributed by atoms with E-state index in [1.807, 2.05) is 21.6 Å². The number of carbonyl (C=O) groups excluding carboxylic acids is 1. The number of hydrogen-bond donors (Lipinski definition) is 1. The molecule has 7 nitrogen and oxygen atoms in total. The fourth-order valence-corrected chi connectivity index (χ4v) is 6.94. The van der Waals surface area contributed by atoms with E-state index >= 15 is 0 Å². The van der Waals surface area contributed by atoms with E-state index in [0.717, 1.165) is 38.9 Å². The third-order valence-electron chi connectivity index (χ3n) is 7.96. The number of carbonyl (C=O) groups is 1. The van der Waals surface area contributed by atoms with Crippen molar-refractivity contribution in [3.8, 4) is 28.1 Å². The molecule has 10 heteroatoms. The Bertz CT molecular complexity index is 1940. The van der Waals surface area contributed by atoms with Crippen molar-refractivity contribution < 1.29 is 13.2 Å². The number of benzene rings is 4. The van der Waals surface area contributed by atoms with Crippen LogP contribution in [0.2, 0.25) is 10.0 Å². The van der Waals surface area contributed by atoms with Gasteiger partial charge < -0.3 is 4.57 Å². The summed E-state index contributed by atoms with van der Waals surface area (Å²) in [5, 5.41) is 1.03. The smallest absolute Gasteiger partial charge is 0.303 e. The lowest BCUT2D eigenvalue weighted by molar-refractivity contribution is -0.117. The van der Waals surface area contributed by atoms with Gasteiger partial charge >= 0.3 is 10.2 Å². The summed E-state index contributed by atoms with van der Waals surface area (Å²) in [5.41, 5.74) is 7.33. The number of hydrogen-bond acceptors (Lipinski definition) is 4. The molecular weight excluding hydrogens is 615 g/mol. The van der Waals surface area contributed by atoms with Crippen LogP contribution in [0.3, 0.4) is 0 Å². The minimum Gasteiger partial charge on any atom is -0.303 e.